The molecule has 69 valence electrons. The average molecular weight is 179 g/mol. The molecule has 0 amide bonds. The molecule has 1 aromatic carbocycles. The van der Waals surface area contributed by atoms with E-state index in [1.165, 1.54) is 0 Å². The molecule has 0 fully saturated rings. The molecule has 0 atom stereocenters. The van der Waals surface area contributed by atoms with Crippen molar-refractivity contribution in [2.24, 2.45) is 0 Å². The first-order valence-corrected chi connectivity index (χ1v) is 3.78. The Morgan fingerprint density at radius 2 is 1.85 bits per heavy atom. The lowest BCUT2D eigenvalue weighted by molar-refractivity contribution is 0.0113. The Hall–Kier alpha value is -1.32. The second-order valence-electron chi connectivity index (χ2n) is 2.56. The van der Waals surface area contributed by atoms with Crippen molar-refractivity contribution in [3.63, 3.8) is 0 Å². The third-order valence-electron chi connectivity index (χ3n) is 1.70. The third kappa shape index (κ3) is 2.31. The third-order valence-corrected chi connectivity index (χ3v) is 1.70. The number of ether oxygens (including phenoxy) is 1. The SMILES string of the molecule is [CH]=C(c1ccc(OC)cc1)C(O)O. The fraction of sp³-hybridized carbons (Fsp3) is 0.200. The summed E-state index contributed by atoms with van der Waals surface area (Å²) in [6.07, 6.45) is -1.62. The van der Waals surface area contributed by atoms with Crippen LogP contribution in [0.1, 0.15) is 5.56 Å². The highest BCUT2D eigenvalue weighted by Gasteiger charge is 2.06. The van der Waals surface area contributed by atoms with Gasteiger partial charge in [-0.1, -0.05) is 18.7 Å². The molecule has 0 spiro atoms. The molecule has 1 rings (SSSR count). The van der Waals surface area contributed by atoms with E-state index < -0.39 is 6.29 Å². The number of rotatable bonds is 3. The second-order valence-corrected chi connectivity index (χ2v) is 2.56. The minimum absolute atomic E-state index is 0.0302. The van der Waals surface area contributed by atoms with Crippen LogP contribution in [-0.4, -0.2) is 23.6 Å². The van der Waals surface area contributed by atoms with Crippen LogP contribution in [0.25, 0.3) is 5.57 Å². The quantitative estimate of drug-likeness (QED) is 0.675. The molecule has 0 aromatic heterocycles. The van der Waals surface area contributed by atoms with Crippen LogP contribution in [0.2, 0.25) is 0 Å². The Morgan fingerprint density at radius 1 is 1.31 bits per heavy atom. The van der Waals surface area contributed by atoms with Gasteiger partial charge in [-0.3, -0.25) is 0 Å². The molecule has 0 heterocycles. The van der Waals surface area contributed by atoms with Gasteiger partial charge >= 0.3 is 0 Å². The van der Waals surface area contributed by atoms with Crippen molar-refractivity contribution in [2.75, 3.05) is 7.11 Å². The van der Waals surface area contributed by atoms with Gasteiger partial charge in [0, 0.05) is 5.57 Å². The predicted molar refractivity (Wildman–Crippen MR) is 48.9 cm³/mol. The molecular weight excluding hydrogens is 168 g/mol. The van der Waals surface area contributed by atoms with Crippen LogP contribution >= 0.6 is 0 Å². The van der Waals surface area contributed by atoms with Crippen molar-refractivity contribution >= 4 is 5.57 Å². The lowest BCUT2D eigenvalue weighted by atomic mass is 10.1. The smallest absolute Gasteiger partial charge is 0.179 e. The Morgan fingerprint density at radius 3 is 2.23 bits per heavy atom. The van der Waals surface area contributed by atoms with Gasteiger partial charge in [-0.05, 0) is 17.7 Å². The molecule has 3 nitrogen and oxygen atoms in total. The van der Waals surface area contributed by atoms with Gasteiger partial charge < -0.3 is 14.9 Å². The minimum atomic E-state index is -1.62. The minimum Gasteiger partial charge on any atom is -0.497 e. The summed E-state index contributed by atoms with van der Waals surface area (Å²) in [7, 11) is 1.56. The fourth-order valence-corrected chi connectivity index (χ4v) is 0.933. The molecular formula is C10H11O3. The first kappa shape index (κ1) is 9.77. The molecule has 0 aliphatic rings. The van der Waals surface area contributed by atoms with E-state index in [0.29, 0.717) is 11.3 Å². The van der Waals surface area contributed by atoms with E-state index >= 15 is 0 Å². The zero-order valence-electron chi connectivity index (χ0n) is 7.27. The Bertz CT molecular complexity index is 288. The van der Waals surface area contributed by atoms with E-state index in [-0.39, 0.29) is 5.57 Å². The van der Waals surface area contributed by atoms with Gasteiger partial charge in [0.05, 0.1) is 7.11 Å². The molecule has 1 radical (unpaired) electrons. The summed E-state index contributed by atoms with van der Waals surface area (Å²) in [6.45, 7) is 5.41. The number of aliphatic hydroxyl groups is 2. The van der Waals surface area contributed by atoms with Crippen molar-refractivity contribution in [3.8, 4) is 5.75 Å². The van der Waals surface area contributed by atoms with Crippen LogP contribution < -0.4 is 4.74 Å². The van der Waals surface area contributed by atoms with Gasteiger partial charge in [0.2, 0.25) is 0 Å². The van der Waals surface area contributed by atoms with Crippen molar-refractivity contribution in [3.05, 3.63) is 36.4 Å². The highest BCUT2D eigenvalue weighted by molar-refractivity contribution is 5.64. The van der Waals surface area contributed by atoms with Gasteiger partial charge in [-0.15, -0.1) is 0 Å². The summed E-state index contributed by atoms with van der Waals surface area (Å²) in [6, 6.07) is 6.72. The zero-order valence-corrected chi connectivity index (χ0v) is 7.27. The monoisotopic (exact) mass is 179 g/mol. The molecule has 13 heavy (non-hydrogen) atoms. The fourth-order valence-electron chi connectivity index (χ4n) is 0.933. The van der Waals surface area contributed by atoms with Crippen molar-refractivity contribution in [2.45, 2.75) is 6.29 Å². The topological polar surface area (TPSA) is 49.7 Å². The molecule has 0 aliphatic heterocycles. The number of methoxy groups -OCH3 is 1. The summed E-state index contributed by atoms with van der Waals surface area (Å²) in [5.74, 6) is 0.698. The molecule has 0 bridgehead atoms. The van der Waals surface area contributed by atoms with Crippen LogP contribution in [0.4, 0.5) is 0 Å². The highest BCUT2D eigenvalue weighted by atomic mass is 16.5. The van der Waals surface area contributed by atoms with E-state index in [1.54, 1.807) is 31.4 Å². The van der Waals surface area contributed by atoms with Gasteiger partial charge in [0.25, 0.3) is 0 Å². The van der Waals surface area contributed by atoms with E-state index in [9.17, 15) is 0 Å². The van der Waals surface area contributed by atoms with Crippen LogP contribution in [0, 0.1) is 6.58 Å². The molecule has 2 N–H and O–H groups in total. The van der Waals surface area contributed by atoms with Crippen LogP contribution in [0.3, 0.4) is 0 Å². The predicted octanol–water partition coefficient (Wildman–Crippen LogP) is 0.822. The van der Waals surface area contributed by atoms with Crippen LogP contribution in [0.5, 0.6) is 5.75 Å². The van der Waals surface area contributed by atoms with Crippen molar-refractivity contribution in [1.82, 2.24) is 0 Å². The largest absolute Gasteiger partial charge is 0.497 e. The zero-order chi connectivity index (χ0) is 9.84. The van der Waals surface area contributed by atoms with Crippen molar-refractivity contribution < 1.29 is 14.9 Å². The molecule has 0 unspecified atom stereocenters. The molecule has 0 saturated carbocycles. The van der Waals surface area contributed by atoms with E-state index in [4.69, 9.17) is 21.5 Å². The highest BCUT2D eigenvalue weighted by Crippen LogP contribution is 2.18. The number of hydrogen-bond acceptors (Lipinski definition) is 3. The average Bonchev–Trinajstić information content (AvgIpc) is 2.17. The first-order valence-electron chi connectivity index (χ1n) is 3.78. The molecule has 0 aliphatic carbocycles. The second kappa shape index (κ2) is 4.07. The summed E-state index contributed by atoms with van der Waals surface area (Å²) in [5, 5.41) is 17.5. The van der Waals surface area contributed by atoms with Gasteiger partial charge in [0.15, 0.2) is 6.29 Å². The van der Waals surface area contributed by atoms with Gasteiger partial charge in [-0.25, -0.2) is 0 Å². The Balaban J connectivity index is 2.86. The van der Waals surface area contributed by atoms with Gasteiger partial charge in [-0.2, -0.15) is 0 Å². The lowest BCUT2D eigenvalue weighted by Crippen LogP contribution is -2.06. The van der Waals surface area contributed by atoms with E-state index in [2.05, 4.69) is 0 Å². The molecule has 1 aromatic rings. The Labute approximate surface area is 76.9 Å². The first-order chi connectivity index (χ1) is 6.15. The van der Waals surface area contributed by atoms with E-state index in [0.717, 1.165) is 0 Å². The van der Waals surface area contributed by atoms with E-state index in [1.807, 2.05) is 0 Å². The maximum atomic E-state index is 8.76. The van der Waals surface area contributed by atoms with Crippen molar-refractivity contribution in [1.29, 1.82) is 0 Å². The summed E-state index contributed by atoms with van der Waals surface area (Å²) in [5.41, 5.74) is 0.610. The Kier molecular flexibility index (Phi) is 3.06. The molecule has 3 heteroatoms. The number of benzene rings is 1. The lowest BCUT2D eigenvalue weighted by Gasteiger charge is -2.07. The summed E-state index contributed by atoms with van der Waals surface area (Å²) < 4.78 is 4.93. The maximum Gasteiger partial charge on any atom is 0.179 e. The summed E-state index contributed by atoms with van der Waals surface area (Å²) in [4.78, 5) is 0. The number of hydrogen-bond donors (Lipinski definition) is 2. The maximum absolute atomic E-state index is 8.76. The van der Waals surface area contributed by atoms with Gasteiger partial charge in [0.1, 0.15) is 5.75 Å². The number of aliphatic hydroxyl groups excluding tert-OH is 1. The van der Waals surface area contributed by atoms with Crippen LogP contribution in [-0.2, 0) is 0 Å². The van der Waals surface area contributed by atoms with Crippen LogP contribution in [0.15, 0.2) is 24.3 Å². The summed E-state index contributed by atoms with van der Waals surface area (Å²) >= 11 is 0. The normalized spacial score (nSPS) is 10.2. The molecule has 0 saturated heterocycles. The standard InChI is InChI=1S/C10H11O3/c1-7(10(11)12)8-3-5-9(13-2)6-4-8/h1,3-6,10-12H,2H3.